The summed E-state index contributed by atoms with van der Waals surface area (Å²) in [6.07, 6.45) is 3.03. The molecule has 0 amide bonds. The van der Waals surface area contributed by atoms with E-state index in [9.17, 15) is 14.4 Å². The molecule has 0 radical (unpaired) electrons. The predicted molar refractivity (Wildman–Crippen MR) is 110 cm³/mol. The van der Waals surface area contributed by atoms with Crippen molar-refractivity contribution < 1.29 is 14.3 Å². The molecule has 0 aliphatic rings. The summed E-state index contributed by atoms with van der Waals surface area (Å²) >= 11 is 0. The van der Waals surface area contributed by atoms with Crippen molar-refractivity contribution in [2.45, 2.75) is 45.9 Å². The molecule has 8 nitrogen and oxygen atoms in total. The van der Waals surface area contributed by atoms with Crippen LogP contribution in [0.3, 0.4) is 0 Å². The number of esters is 1. The largest absolute Gasteiger partial charge is 0.465 e. The summed E-state index contributed by atoms with van der Waals surface area (Å²) in [6.45, 7) is 9.82. The van der Waals surface area contributed by atoms with Crippen LogP contribution in [0.5, 0.6) is 0 Å². The van der Waals surface area contributed by atoms with Crippen LogP contribution in [0.15, 0.2) is 28.0 Å². The summed E-state index contributed by atoms with van der Waals surface area (Å²) in [5.41, 5.74) is -0.0270. The first-order valence-corrected chi connectivity index (χ1v) is 13.0. The summed E-state index contributed by atoms with van der Waals surface area (Å²) in [6, 6.07) is 2.44. The molecular formula is C19H29N3O5Si. The van der Waals surface area contributed by atoms with Crippen LogP contribution in [0.4, 0.5) is 0 Å². The molecule has 0 bridgehead atoms. The zero-order chi connectivity index (χ0) is 21.1. The van der Waals surface area contributed by atoms with Crippen LogP contribution in [-0.4, -0.2) is 41.7 Å². The average Bonchev–Trinajstić information content (AvgIpc) is 2.92. The van der Waals surface area contributed by atoms with E-state index in [4.69, 9.17) is 9.47 Å². The fourth-order valence-corrected chi connectivity index (χ4v) is 3.48. The molecule has 28 heavy (non-hydrogen) atoms. The molecule has 0 atom stereocenters. The molecule has 2 aromatic rings. The van der Waals surface area contributed by atoms with Gasteiger partial charge in [-0.2, -0.15) is 0 Å². The lowest BCUT2D eigenvalue weighted by Gasteiger charge is -2.16. The number of aryl methyl sites for hydroxylation is 1. The second-order valence-corrected chi connectivity index (χ2v) is 13.5. The topological polar surface area (TPSA) is 84.5 Å². The highest BCUT2D eigenvalue weighted by Gasteiger charge is 2.19. The minimum absolute atomic E-state index is 0.172. The Hall–Kier alpha value is -2.39. The van der Waals surface area contributed by atoms with Gasteiger partial charge in [0.1, 0.15) is 6.73 Å². The van der Waals surface area contributed by atoms with Crippen LogP contribution in [-0.2, 0) is 29.8 Å². The van der Waals surface area contributed by atoms with Gasteiger partial charge in [0.05, 0.1) is 23.8 Å². The maximum absolute atomic E-state index is 12.7. The van der Waals surface area contributed by atoms with Gasteiger partial charge >= 0.3 is 5.97 Å². The number of aromatic nitrogens is 3. The summed E-state index contributed by atoms with van der Waals surface area (Å²) in [7, 11) is 1.70. The highest BCUT2D eigenvalue weighted by molar-refractivity contribution is 6.76. The number of rotatable bonds is 8. The van der Waals surface area contributed by atoms with Gasteiger partial charge < -0.3 is 14.0 Å². The van der Waals surface area contributed by atoms with Crippen molar-refractivity contribution in [3.63, 3.8) is 0 Å². The van der Waals surface area contributed by atoms with E-state index in [2.05, 4.69) is 19.6 Å². The number of hydrogen-bond acceptors (Lipinski definition) is 5. The Labute approximate surface area is 165 Å². The van der Waals surface area contributed by atoms with E-state index >= 15 is 0 Å². The quantitative estimate of drug-likeness (QED) is 0.380. The van der Waals surface area contributed by atoms with E-state index in [1.165, 1.54) is 28.6 Å². The molecule has 0 saturated carbocycles. The monoisotopic (exact) mass is 407 g/mol. The van der Waals surface area contributed by atoms with Crippen molar-refractivity contribution >= 4 is 14.0 Å². The van der Waals surface area contributed by atoms with Crippen molar-refractivity contribution in [2.75, 3.05) is 13.7 Å². The molecule has 0 spiro atoms. The van der Waals surface area contributed by atoms with Gasteiger partial charge in [-0.15, -0.1) is 0 Å². The lowest BCUT2D eigenvalue weighted by atomic mass is 10.1. The Kier molecular flexibility index (Phi) is 6.84. The number of pyridine rings is 1. The first kappa shape index (κ1) is 21.9. The summed E-state index contributed by atoms with van der Waals surface area (Å²) in [5, 5.41) is 0. The van der Waals surface area contributed by atoms with E-state index < -0.39 is 14.0 Å². The Morgan fingerprint density at radius 1 is 1.11 bits per heavy atom. The molecule has 0 N–H and O–H groups in total. The Morgan fingerprint density at radius 3 is 2.36 bits per heavy atom. The fourth-order valence-electron chi connectivity index (χ4n) is 2.72. The molecular weight excluding hydrogens is 378 g/mol. The van der Waals surface area contributed by atoms with Crippen LogP contribution in [0.25, 0.3) is 11.1 Å². The van der Waals surface area contributed by atoms with Crippen molar-refractivity contribution in [3.8, 4) is 11.1 Å². The number of nitrogens with zero attached hydrogens (tertiary/aromatic N) is 3. The van der Waals surface area contributed by atoms with E-state index in [1.54, 1.807) is 24.9 Å². The van der Waals surface area contributed by atoms with Gasteiger partial charge in [-0.1, -0.05) is 19.6 Å². The predicted octanol–water partition coefficient (Wildman–Crippen LogP) is 2.13. The number of hydrogen-bond donors (Lipinski definition) is 0. The molecule has 2 rings (SSSR count). The fraction of sp³-hybridized carbons (Fsp3) is 0.526. The normalized spacial score (nSPS) is 11.6. The van der Waals surface area contributed by atoms with Crippen molar-refractivity contribution in [2.24, 2.45) is 7.05 Å². The first-order chi connectivity index (χ1) is 13.1. The van der Waals surface area contributed by atoms with Crippen LogP contribution >= 0.6 is 0 Å². The standard InChI is InChI=1S/C19H29N3O5Si/c1-7-21-11-14(19(25)26-3)10-15(18(21)24)16-12-22(20(2)17(16)23)13-27-8-9-28(4,5)6/h10-12H,7-9,13H2,1-6H3. The molecule has 0 aliphatic carbocycles. The Morgan fingerprint density at radius 2 is 1.79 bits per heavy atom. The summed E-state index contributed by atoms with van der Waals surface area (Å²) in [4.78, 5) is 37.4. The Bertz CT molecular complexity index is 965. The van der Waals surface area contributed by atoms with Gasteiger partial charge in [-0.05, 0) is 19.0 Å². The minimum Gasteiger partial charge on any atom is -0.465 e. The average molecular weight is 408 g/mol. The smallest absolute Gasteiger partial charge is 0.339 e. The van der Waals surface area contributed by atoms with Gasteiger partial charge in [-0.3, -0.25) is 19.0 Å². The van der Waals surface area contributed by atoms with Gasteiger partial charge in [0.15, 0.2) is 0 Å². The highest BCUT2D eigenvalue weighted by atomic mass is 28.3. The number of carbonyl (C=O) groups excluding carboxylic acids is 1. The lowest BCUT2D eigenvalue weighted by molar-refractivity contribution is 0.0599. The van der Waals surface area contributed by atoms with E-state index in [-0.39, 0.29) is 34.5 Å². The third kappa shape index (κ3) is 4.90. The second kappa shape index (κ2) is 8.74. The number of methoxy groups -OCH3 is 1. The molecule has 0 unspecified atom stereocenters. The highest BCUT2D eigenvalue weighted by Crippen LogP contribution is 2.15. The first-order valence-electron chi connectivity index (χ1n) is 9.26. The van der Waals surface area contributed by atoms with E-state index in [1.807, 2.05) is 0 Å². The van der Waals surface area contributed by atoms with Gasteiger partial charge in [-0.25, -0.2) is 4.79 Å². The van der Waals surface area contributed by atoms with Gasteiger partial charge in [0.2, 0.25) is 0 Å². The number of ether oxygens (including phenoxy) is 2. The van der Waals surface area contributed by atoms with Gasteiger partial charge in [0, 0.05) is 40.7 Å². The SMILES string of the molecule is CCn1cc(C(=O)OC)cc(-c2cn(COCC[Si](C)(C)C)n(C)c2=O)c1=O. The van der Waals surface area contributed by atoms with Crippen molar-refractivity contribution in [1.29, 1.82) is 0 Å². The van der Waals surface area contributed by atoms with Gasteiger partial charge in [0.25, 0.3) is 11.1 Å². The molecule has 2 aromatic heterocycles. The number of carbonyl (C=O) groups is 1. The van der Waals surface area contributed by atoms with Crippen molar-refractivity contribution in [3.05, 3.63) is 44.7 Å². The molecule has 0 fully saturated rings. The second-order valence-electron chi connectivity index (χ2n) is 7.88. The molecule has 154 valence electrons. The Balaban J connectivity index is 2.39. The third-order valence-corrected chi connectivity index (χ3v) is 6.25. The zero-order valence-corrected chi connectivity index (χ0v) is 18.4. The molecule has 0 aliphatic heterocycles. The van der Waals surface area contributed by atoms with E-state index in [0.717, 1.165) is 6.04 Å². The maximum Gasteiger partial charge on any atom is 0.339 e. The van der Waals surface area contributed by atoms with Crippen LogP contribution in [0.1, 0.15) is 17.3 Å². The summed E-state index contributed by atoms with van der Waals surface area (Å²) in [5.74, 6) is -0.561. The summed E-state index contributed by atoms with van der Waals surface area (Å²) < 4.78 is 14.9. The van der Waals surface area contributed by atoms with Crippen molar-refractivity contribution in [1.82, 2.24) is 13.9 Å². The molecule has 2 heterocycles. The zero-order valence-electron chi connectivity index (χ0n) is 17.4. The lowest BCUT2D eigenvalue weighted by Crippen LogP contribution is -2.26. The molecule has 9 heteroatoms. The van der Waals surface area contributed by atoms with E-state index in [0.29, 0.717) is 13.2 Å². The van der Waals surface area contributed by atoms with Crippen LogP contribution in [0, 0.1) is 0 Å². The molecule has 0 aromatic carbocycles. The maximum atomic E-state index is 12.7. The molecule has 0 saturated heterocycles. The minimum atomic E-state index is -1.20. The van der Waals surface area contributed by atoms with Crippen LogP contribution in [0.2, 0.25) is 25.7 Å². The van der Waals surface area contributed by atoms with Crippen LogP contribution < -0.4 is 11.1 Å². The third-order valence-electron chi connectivity index (χ3n) is 4.55.